The van der Waals surface area contributed by atoms with Gasteiger partial charge in [-0.3, -0.25) is 14.3 Å². The van der Waals surface area contributed by atoms with Crippen molar-refractivity contribution < 1.29 is 22.8 Å². The van der Waals surface area contributed by atoms with Crippen molar-refractivity contribution >= 4 is 54.6 Å². The Balaban J connectivity index is 2.22. The Morgan fingerprint density at radius 2 is 2.00 bits per heavy atom. The van der Waals surface area contributed by atoms with Crippen LogP contribution in [0.25, 0.3) is 10.1 Å². The van der Waals surface area contributed by atoms with Gasteiger partial charge in [0.2, 0.25) is 10.0 Å². The summed E-state index contributed by atoms with van der Waals surface area (Å²) in [6, 6.07) is 8.66. The minimum atomic E-state index is -3.97. The van der Waals surface area contributed by atoms with Gasteiger partial charge in [-0.2, -0.15) is 0 Å². The Labute approximate surface area is 163 Å². The highest BCUT2D eigenvalue weighted by Gasteiger charge is 2.34. The first kappa shape index (κ1) is 19.6. The molecule has 142 valence electrons. The van der Waals surface area contributed by atoms with Crippen LogP contribution in [0.4, 0.5) is 10.1 Å². The quantitative estimate of drug-likeness (QED) is 0.479. The third kappa shape index (κ3) is 3.91. The second-order valence-corrected chi connectivity index (χ2v) is 8.97. The van der Waals surface area contributed by atoms with Crippen LogP contribution in [0.5, 0.6) is 0 Å². The van der Waals surface area contributed by atoms with E-state index in [0.29, 0.717) is 0 Å². The van der Waals surface area contributed by atoms with Crippen molar-refractivity contribution in [1.82, 2.24) is 5.48 Å². The molecular weight excluding hydrogens is 415 g/mol. The first-order valence-electron chi connectivity index (χ1n) is 7.58. The molecule has 0 bridgehead atoms. The highest BCUT2D eigenvalue weighted by molar-refractivity contribution is 7.92. The fourth-order valence-corrected chi connectivity index (χ4v) is 4.82. The Hall–Kier alpha value is -2.20. The average Bonchev–Trinajstić information content (AvgIpc) is 3.08. The second-order valence-electron chi connectivity index (χ2n) is 5.75. The first-order chi connectivity index (χ1) is 12.7. The van der Waals surface area contributed by atoms with E-state index >= 15 is 0 Å². The van der Waals surface area contributed by atoms with Gasteiger partial charge < -0.3 is 0 Å². The van der Waals surface area contributed by atoms with E-state index in [0.717, 1.165) is 32.8 Å². The monoisotopic (exact) mass is 428 g/mol. The van der Waals surface area contributed by atoms with Crippen molar-refractivity contribution in [2.24, 2.45) is 0 Å². The lowest BCUT2D eigenvalue weighted by Gasteiger charge is -2.30. The van der Waals surface area contributed by atoms with Gasteiger partial charge in [0.15, 0.2) is 6.04 Å². The Morgan fingerprint density at radius 3 is 2.63 bits per heavy atom. The molecule has 1 heterocycles. The van der Waals surface area contributed by atoms with E-state index in [1.54, 1.807) is 18.2 Å². The van der Waals surface area contributed by atoms with Crippen molar-refractivity contribution in [1.29, 1.82) is 0 Å². The number of hydroxylamine groups is 1. The maximum Gasteiger partial charge on any atom is 0.271 e. The number of benzene rings is 2. The maximum absolute atomic E-state index is 13.5. The molecule has 10 heteroatoms. The highest BCUT2D eigenvalue weighted by Crippen LogP contribution is 2.34. The molecule has 3 aromatic rings. The van der Waals surface area contributed by atoms with Gasteiger partial charge in [-0.15, -0.1) is 11.3 Å². The number of amides is 1. The Morgan fingerprint density at radius 1 is 1.26 bits per heavy atom. The van der Waals surface area contributed by atoms with E-state index in [9.17, 15) is 17.6 Å². The number of anilines is 1. The van der Waals surface area contributed by atoms with Crippen LogP contribution in [-0.2, 0) is 14.8 Å². The van der Waals surface area contributed by atoms with Gasteiger partial charge in [0.1, 0.15) is 5.82 Å². The Kier molecular flexibility index (Phi) is 5.38. The molecule has 0 saturated heterocycles. The summed E-state index contributed by atoms with van der Waals surface area (Å²) < 4.78 is 40.4. The molecule has 1 unspecified atom stereocenters. The van der Waals surface area contributed by atoms with E-state index in [-0.39, 0.29) is 16.3 Å². The fourth-order valence-electron chi connectivity index (χ4n) is 2.76. The third-order valence-electron chi connectivity index (χ3n) is 3.90. The van der Waals surface area contributed by atoms with Crippen LogP contribution in [0, 0.1) is 5.82 Å². The van der Waals surface area contributed by atoms with Gasteiger partial charge in [0, 0.05) is 4.70 Å². The van der Waals surface area contributed by atoms with Gasteiger partial charge in [-0.05, 0) is 52.7 Å². The summed E-state index contributed by atoms with van der Waals surface area (Å²) in [6.07, 6.45) is 0.938. The van der Waals surface area contributed by atoms with E-state index in [4.69, 9.17) is 16.8 Å². The molecule has 27 heavy (non-hydrogen) atoms. The van der Waals surface area contributed by atoms with Gasteiger partial charge in [0.05, 0.1) is 17.0 Å². The fraction of sp³-hybridized carbons (Fsp3) is 0.118. The zero-order chi connectivity index (χ0) is 19.8. The predicted molar refractivity (Wildman–Crippen MR) is 103 cm³/mol. The predicted octanol–water partition coefficient (Wildman–Crippen LogP) is 3.71. The summed E-state index contributed by atoms with van der Waals surface area (Å²) in [5.41, 5.74) is 1.79. The summed E-state index contributed by atoms with van der Waals surface area (Å²) >= 11 is 7.29. The maximum atomic E-state index is 13.5. The molecule has 3 rings (SSSR count). The number of rotatable bonds is 5. The molecule has 1 amide bonds. The molecule has 0 radical (unpaired) electrons. The van der Waals surface area contributed by atoms with E-state index in [2.05, 4.69) is 0 Å². The molecular formula is C17H14ClFN2O4S2. The third-order valence-corrected chi connectivity index (χ3v) is 6.22. The van der Waals surface area contributed by atoms with Gasteiger partial charge in [-0.1, -0.05) is 17.7 Å². The number of nitrogens with zero attached hydrogens (tertiary/aromatic N) is 1. The van der Waals surface area contributed by atoms with Crippen LogP contribution in [-0.4, -0.2) is 25.8 Å². The average molecular weight is 429 g/mol. The summed E-state index contributed by atoms with van der Waals surface area (Å²) in [6.45, 7) is 0. The van der Waals surface area contributed by atoms with E-state index in [1.807, 2.05) is 11.4 Å². The molecule has 1 atom stereocenters. The van der Waals surface area contributed by atoms with Gasteiger partial charge >= 0.3 is 0 Å². The number of halogens is 2. The largest absolute Gasteiger partial charge is 0.289 e. The summed E-state index contributed by atoms with van der Waals surface area (Å²) in [4.78, 5) is 12.4. The molecule has 1 aromatic heterocycles. The van der Waals surface area contributed by atoms with Crippen LogP contribution in [0.2, 0.25) is 5.02 Å². The minimum absolute atomic E-state index is 0.101. The second kappa shape index (κ2) is 7.43. The van der Waals surface area contributed by atoms with Crippen molar-refractivity contribution in [3.05, 3.63) is 64.2 Å². The van der Waals surface area contributed by atoms with Crippen LogP contribution >= 0.6 is 22.9 Å². The van der Waals surface area contributed by atoms with E-state index < -0.39 is 27.8 Å². The summed E-state index contributed by atoms with van der Waals surface area (Å²) in [5.74, 6) is -1.72. The standard InChI is InChI=1S/C17H14ClFN2O4S2/c1-27(24,25)21(12-3-5-15-10(8-12)6-7-26-15)16(17(22)20-23)11-2-4-14(19)13(18)9-11/h2-9,16,23H,1H3,(H,20,22). The normalized spacial score (nSPS) is 12.7. The highest BCUT2D eigenvalue weighted by atomic mass is 35.5. The van der Waals surface area contributed by atoms with Crippen LogP contribution in [0.15, 0.2) is 47.8 Å². The number of carbonyl (C=O) groups excluding carboxylic acids is 1. The SMILES string of the molecule is CS(=O)(=O)N(c1ccc2sccc2c1)C(C(=O)NO)c1ccc(F)c(Cl)c1. The lowest BCUT2D eigenvalue weighted by atomic mass is 10.1. The number of hydrogen-bond acceptors (Lipinski definition) is 5. The van der Waals surface area contributed by atoms with Gasteiger partial charge in [-0.25, -0.2) is 18.3 Å². The molecule has 0 spiro atoms. The van der Waals surface area contributed by atoms with Crippen LogP contribution < -0.4 is 9.79 Å². The number of hydrogen-bond donors (Lipinski definition) is 2. The molecule has 0 aliphatic heterocycles. The number of sulfonamides is 1. The van der Waals surface area contributed by atoms with Crippen LogP contribution in [0.3, 0.4) is 0 Å². The number of fused-ring (bicyclic) bond motifs is 1. The summed E-state index contributed by atoms with van der Waals surface area (Å²) in [7, 11) is -3.97. The minimum Gasteiger partial charge on any atom is -0.289 e. The molecule has 0 aliphatic rings. The molecule has 0 saturated carbocycles. The molecule has 6 nitrogen and oxygen atoms in total. The van der Waals surface area contributed by atoms with E-state index in [1.165, 1.54) is 22.9 Å². The van der Waals surface area contributed by atoms with Crippen molar-refractivity contribution in [2.45, 2.75) is 6.04 Å². The lowest BCUT2D eigenvalue weighted by molar-refractivity contribution is -0.130. The zero-order valence-electron chi connectivity index (χ0n) is 13.9. The van der Waals surface area contributed by atoms with Crippen molar-refractivity contribution in [2.75, 3.05) is 10.6 Å². The molecule has 0 fully saturated rings. The number of nitrogens with one attached hydrogen (secondary N) is 1. The van der Waals surface area contributed by atoms with Gasteiger partial charge in [0.25, 0.3) is 5.91 Å². The van der Waals surface area contributed by atoms with Crippen LogP contribution in [0.1, 0.15) is 11.6 Å². The first-order valence-corrected chi connectivity index (χ1v) is 10.7. The zero-order valence-corrected chi connectivity index (χ0v) is 16.3. The molecule has 2 N–H and O–H groups in total. The molecule has 0 aliphatic carbocycles. The number of thiophene rings is 1. The lowest BCUT2D eigenvalue weighted by Crippen LogP contribution is -2.42. The smallest absolute Gasteiger partial charge is 0.271 e. The van der Waals surface area contributed by atoms with Crippen molar-refractivity contribution in [3.63, 3.8) is 0 Å². The van der Waals surface area contributed by atoms with Crippen molar-refractivity contribution in [3.8, 4) is 0 Å². The topological polar surface area (TPSA) is 86.7 Å². The number of carbonyl (C=O) groups is 1. The Bertz CT molecular complexity index is 1120. The summed E-state index contributed by atoms with van der Waals surface area (Å²) in [5, 5.41) is 11.5. The molecule has 2 aromatic carbocycles.